The summed E-state index contributed by atoms with van der Waals surface area (Å²) in [6.07, 6.45) is 1.90. The zero-order valence-corrected chi connectivity index (χ0v) is 10.7. The van der Waals surface area contributed by atoms with Gasteiger partial charge in [0.15, 0.2) is 0 Å². The fourth-order valence-corrected chi connectivity index (χ4v) is 3.05. The lowest BCUT2D eigenvalue weighted by atomic mass is 9.97. The van der Waals surface area contributed by atoms with Gasteiger partial charge in [0.25, 0.3) is 0 Å². The Balaban J connectivity index is 2.90. The minimum absolute atomic E-state index is 0.341. The van der Waals surface area contributed by atoms with Crippen molar-refractivity contribution in [2.45, 2.75) is 30.5 Å². The lowest BCUT2D eigenvalue weighted by molar-refractivity contribution is -0.151. The highest BCUT2D eigenvalue weighted by Gasteiger charge is 2.76. The number of carbonyl (C=O) groups is 2. The minimum Gasteiger partial charge on any atom is -0.469 e. The first-order chi connectivity index (χ1) is 6.98. The van der Waals surface area contributed by atoms with Crippen molar-refractivity contribution in [3.63, 3.8) is 0 Å². The smallest absolute Gasteiger partial charge is 0.323 e. The van der Waals surface area contributed by atoms with E-state index in [1.54, 1.807) is 0 Å². The van der Waals surface area contributed by atoms with Crippen LogP contribution < -0.4 is 0 Å². The average molecular weight is 279 g/mol. The largest absolute Gasteiger partial charge is 0.469 e. The van der Waals surface area contributed by atoms with Gasteiger partial charge in [0.1, 0.15) is 4.32 Å². The molecule has 0 heterocycles. The van der Waals surface area contributed by atoms with Gasteiger partial charge >= 0.3 is 11.9 Å². The monoisotopic (exact) mass is 278 g/mol. The quantitative estimate of drug-likeness (QED) is 0.580. The van der Waals surface area contributed by atoms with Crippen LogP contribution in [0.1, 0.15) is 26.2 Å². The summed E-state index contributed by atoms with van der Waals surface area (Å²) in [5.74, 6) is -0.743. The van der Waals surface area contributed by atoms with Gasteiger partial charge in [0, 0.05) is 0 Å². The number of carbonyl (C=O) groups excluding carboxylic acids is 2. The van der Waals surface area contributed by atoms with Gasteiger partial charge in [0.2, 0.25) is 0 Å². The normalized spacial score (nSPS) is 33.3. The molecule has 1 fully saturated rings. The molecule has 0 amide bonds. The lowest BCUT2D eigenvalue weighted by Crippen LogP contribution is -2.32. The summed E-state index contributed by atoms with van der Waals surface area (Å²) >= 11 is 3.31. The number of esters is 2. The molecule has 0 saturated heterocycles. The van der Waals surface area contributed by atoms with Crippen LogP contribution in [0.3, 0.4) is 0 Å². The summed E-state index contributed by atoms with van der Waals surface area (Å²) in [7, 11) is 2.65. The standard InChI is InChI=1S/C10H15BrO4/c1-4-5-9(7(12)14-2)6-10(9,11)8(13)15-3/h4-6H2,1-3H3/t9-,10-/m1/s1. The fraction of sp³-hybridized carbons (Fsp3) is 0.800. The van der Waals surface area contributed by atoms with Crippen molar-refractivity contribution in [3.05, 3.63) is 0 Å². The molecule has 2 atom stereocenters. The molecule has 0 bridgehead atoms. The number of halogens is 1. The summed E-state index contributed by atoms with van der Waals surface area (Å²) in [6.45, 7) is 1.97. The summed E-state index contributed by atoms with van der Waals surface area (Å²) < 4.78 is 8.55. The average Bonchev–Trinajstić information content (AvgIpc) is 2.85. The van der Waals surface area contributed by atoms with Crippen LogP contribution in [0.25, 0.3) is 0 Å². The van der Waals surface area contributed by atoms with E-state index >= 15 is 0 Å². The van der Waals surface area contributed by atoms with E-state index in [4.69, 9.17) is 4.74 Å². The fourth-order valence-electron chi connectivity index (χ4n) is 2.05. The van der Waals surface area contributed by atoms with Crippen molar-refractivity contribution in [1.82, 2.24) is 0 Å². The Labute approximate surface area is 97.4 Å². The first-order valence-corrected chi connectivity index (χ1v) is 5.63. The topological polar surface area (TPSA) is 52.6 Å². The number of rotatable bonds is 4. The SMILES string of the molecule is CCC[C@]1(C(=O)OC)C[C@@]1(Br)C(=O)OC. The molecule has 86 valence electrons. The van der Waals surface area contributed by atoms with E-state index in [1.807, 2.05) is 6.92 Å². The highest BCUT2D eigenvalue weighted by atomic mass is 79.9. The van der Waals surface area contributed by atoms with Crippen LogP contribution in [0.5, 0.6) is 0 Å². The van der Waals surface area contributed by atoms with Gasteiger partial charge < -0.3 is 9.47 Å². The first kappa shape index (κ1) is 12.5. The first-order valence-electron chi connectivity index (χ1n) is 4.84. The molecule has 4 nitrogen and oxygen atoms in total. The Hall–Kier alpha value is -0.580. The van der Waals surface area contributed by atoms with Gasteiger partial charge in [-0.05, 0) is 12.8 Å². The molecular formula is C10H15BrO4. The molecule has 0 unspecified atom stereocenters. The Morgan fingerprint density at radius 3 is 2.20 bits per heavy atom. The summed E-state index contributed by atoms with van der Waals surface area (Å²) in [5, 5.41) is 0. The number of hydrogen-bond donors (Lipinski definition) is 0. The molecule has 1 saturated carbocycles. The van der Waals surface area contributed by atoms with Gasteiger partial charge in [-0.3, -0.25) is 9.59 Å². The Bertz CT molecular complexity index is 291. The maximum Gasteiger partial charge on any atom is 0.323 e. The van der Waals surface area contributed by atoms with E-state index in [-0.39, 0.29) is 5.97 Å². The van der Waals surface area contributed by atoms with E-state index in [1.165, 1.54) is 14.2 Å². The highest BCUT2D eigenvalue weighted by Crippen LogP contribution is 2.66. The highest BCUT2D eigenvalue weighted by molar-refractivity contribution is 9.10. The molecule has 1 aliphatic carbocycles. The van der Waals surface area contributed by atoms with Crippen molar-refractivity contribution in [3.8, 4) is 0 Å². The van der Waals surface area contributed by atoms with E-state index < -0.39 is 15.7 Å². The van der Waals surface area contributed by atoms with Crippen LogP contribution in [0, 0.1) is 5.41 Å². The zero-order chi connectivity index (χ0) is 11.7. The molecule has 5 heteroatoms. The second kappa shape index (κ2) is 4.12. The molecule has 0 aromatic heterocycles. The summed E-state index contributed by atoms with van der Waals surface area (Å²) in [5.41, 5.74) is -0.733. The van der Waals surface area contributed by atoms with Crippen molar-refractivity contribution in [2.75, 3.05) is 14.2 Å². The van der Waals surface area contributed by atoms with Crippen molar-refractivity contribution < 1.29 is 19.1 Å². The van der Waals surface area contributed by atoms with Gasteiger partial charge in [-0.25, -0.2) is 0 Å². The maximum absolute atomic E-state index is 11.7. The Kier molecular flexibility index (Phi) is 3.43. The molecular weight excluding hydrogens is 264 g/mol. The number of alkyl halides is 1. The molecule has 0 aromatic carbocycles. The zero-order valence-electron chi connectivity index (χ0n) is 9.13. The molecule has 15 heavy (non-hydrogen) atoms. The predicted octanol–water partition coefficient (Wildman–Crippen LogP) is 1.66. The molecule has 0 radical (unpaired) electrons. The van der Waals surface area contributed by atoms with Crippen molar-refractivity contribution in [1.29, 1.82) is 0 Å². The van der Waals surface area contributed by atoms with Crippen LogP contribution in [-0.2, 0) is 19.1 Å². The van der Waals surface area contributed by atoms with Gasteiger partial charge in [-0.15, -0.1) is 0 Å². The maximum atomic E-state index is 11.7. The number of methoxy groups -OCH3 is 2. The van der Waals surface area contributed by atoms with E-state index in [0.29, 0.717) is 12.8 Å². The third kappa shape index (κ3) is 1.67. The lowest BCUT2D eigenvalue weighted by Gasteiger charge is -2.16. The van der Waals surface area contributed by atoms with Crippen LogP contribution in [0.15, 0.2) is 0 Å². The van der Waals surface area contributed by atoms with Crippen LogP contribution in [0.2, 0.25) is 0 Å². The number of ether oxygens (including phenoxy) is 2. The molecule has 0 aliphatic heterocycles. The molecule has 0 N–H and O–H groups in total. The second-order valence-electron chi connectivity index (χ2n) is 3.79. The van der Waals surface area contributed by atoms with Crippen LogP contribution >= 0.6 is 15.9 Å². The Morgan fingerprint density at radius 1 is 1.27 bits per heavy atom. The van der Waals surface area contributed by atoms with E-state index in [9.17, 15) is 9.59 Å². The molecule has 1 rings (SSSR count). The second-order valence-corrected chi connectivity index (χ2v) is 5.15. The third-order valence-electron chi connectivity index (χ3n) is 2.94. The summed E-state index contributed by atoms with van der Waals surface area (Å²) in [6, 6.07) is 0. The van der Waals surface area contributed by atoms with E-state index in [0.717, 1.165) is 6.42 Å². The predicted molar refractivity (Wildman–Crippen MR) is 57.6 cm³/mol. The third-order valence-corrected chi connectivity index (χ3v) is 4.30. The van der Waals surface area contributed by atoms with Crippen LogP contribution in [-0.4, -0.2) is 30.5 Å². The van der Waals surface area contributed by atoms with E-state index in [2.05, 4.69) is 20.7 Å². The molecule has 0 spiro atoms. The minimum atomic E-state index is -0.877. The van der Waals surface area contributed by atoms with Gasteiger partial charge in [-0.1, -0.05) is 29.3 Å². The summed E-state index contributed by atoms with van der Waals surface area (Å²) in [4.78, 5) is 23.2. The number of hydrogen-bond acceptors (Lipinski definition) is 4. The van der Waals surface area contributed by atoms with Gasteiger partial charge in [-0.2, -0.15) is 0 Å². The Morgan fingerprint density at radius 2 is 1.80 bits per heavy atom. The van der Waals surface area contributed by atoms with Gasteiger partial charge in [0.05, 0.1) is 19.6 Å². The van der Waals surface area contributed by atoms with Crippen molar-refractivity contribution >= 4 is 27.9 Å². The molecule has 0 aromatic rings. The molecule has 1 aliphatic rings. The van der Waals surface area contributed by atoms with Crippen LogP contribution in [0.4, 0.5) is 0 Å². The van der Waals surface area contributed by atoms with Crippen molar-refractivity contribution in [2.24, 2.45) is 5.41 Å².